The van der Waals surface area contributed by atoms with E-state index < -0.39 is 17.7 Å². The SMILES string of the molecule is CC(=O)N(CCN)C(=O)C(=O)N(C)C1CCN(C)CC1. The number of carbonyl (C=O) groups excluding carboxylic acids is 3. The highest BCUT2D eigenvalue weighted by molar-refractivity contribution is 6.37. The standard InChI is InChI=1S/C13H24N4O3/c1-10(18)17(9-6-14)13(20)12(19)16(3)11-4-7-15(2)8-5-11/h11H,4-9,14H2,1-3H3. The van der Waals surface area contributed by atoms with Crippen LogP contribution in [0, 0.1) is 0 Å². The number of piperidine rings is 1. The van der Waals surface area contributed by atoms with Crippen molar-refractivity contribution >= 4 is 17.7 Å². The highest BCUT2D eigenvalue weighted by atomic mass is 16.2. The fraction of sp³-hybridized carbons (Fsp3) is 0.769. The van der Waals surface area contributed by atoms with Crippen molar-refractivity contribution in [1.29, 1.82) is 0 Å². The Labute approximate surface area is 119 Å². The summed E-state index contributed by atoms with van der Waals surface area (Å²) in [4.78, 5) is 40.2. The summed E-state index contributed by atoms with van der Waals surface area (Å²) in [6, 6.07) is 0.0503. The molecule has 3 amide bonds. The molecule has 0 unspecified atom stereocenters. The summed E-state index contributed by atoms with van der Waals surface area (Å²) in [5, 5.41) is 0. The number of nitrogens with zero attached hydrogens (tertiary/aromatic N) is 3. The second-order valence-electron chi connectivity index (χ2n) is 5.21. The molecule has 0 aromatic rings. The first-order chi connectivity index (χ1) is 9.38. The van der Waals surface area contributed by atoms with E-state index in [-0.39, 0.29) is 19.1 Å². The first-order valence-electron chi connectivity index (χ1n) is 6.86. The number of carbonyl (C=O) groups is 3. The van der Waals surface area contributed by atoms with Gasteiger partial charge in [-0.05, 0) is 33.0 Å². The van der Waals surface area contributed by atoms with E-state index in [4.69, 9.17) is 5.73 Å². The van der Waals surface area contributed by atoms with Gasteiger partial charge in [0.2, 0.25) is 5.91 Å². The van der Waals surface area contributed by atoms with Crippen LogP contribution in [0.2, 0.25) is 0 Å². The first kappa shape index (κ1) is 16.6. The van der Waals surface area contributed by atoms with Gasteiger partial charge in [-0.3, -0.25) is 19.3 Å². The number of likely N-dealkylation sites (tertiary alicyclic amines) is 1. The van der Waals surface area contributed by atoms with Crippen LogP contribution in [0.4, 0.5) is 0 Å². The van der Waals surface area contributed by atoms with Gasteiger partial charge in [-0.2, -0.15) is 0 Å². The predicted octanol–water partition coefficient (Wildman–Crippen LogP) is -1.13. The Bertz CT molecular complexity index is 378. The minimum Gasteiger partial charge on any atom is -0.334 e. The molecule has 7 nitrogen and oxygen atoms in total. The number of nitrogens with two attached hydrogens (primary N) is 1. The second-order valence-corrected chi connectivity index (χ2v) is 5.21. The summed E-state index contributed by atoms with van der Waals surface area (Å²) in [6.45, 7) is 3.28. The van der Waals surface area contributed by atoms with Crippen molar-refractivity contribution in [3.63, 3.8) is 0 Å². The zero-order valence-electron chi connectivity index (χ0n) is 12.5. The lowest BCUT2D eigenvalue weighted by molar-refractivity contribution is -0.156. The van der Waals surface area contributed by atoms with E-state index in [1.54, 1.807) is 7.05 Å². The molecule has 20 heavy (non-hydrogen) atoms. The fourth-order valence-corrected chi connectivity index (χ4v) is 2.35. The average molecular weight is 284 g/mol. The van der Waals surface area contributed by atoms with Crippen molar-refractivity contribution in [2.24, 2.45) is 5.73 Å². The van der Waals surface area contributed by atoms with Gasteiger partial charge in [-0.1, -0.05) is 0 Å². The molecular weight excluding hydrogens is 260 g/mol. The topological polar surface area (TPSA) is 86.9 Å². The smallest absolute Gasteiger partial charge is 0.318 e. The summed E-state index contributed by atoms with van der Waals surface area (Å²) in [5.74, 6) is -1.88. The Morgan fingerprint density at radius 2 is 1.75 bits per heavy atom. The molecule has 2 N–H and O–H groups in total. The Balaban J connectivity index is 2.67. The number of amides is 3. The average Bonchev–Trinajstić information content (AvgIpc) is 2.43. The predicted molar refractivity (Wildman–Crippen MR) is 74.7 cm³/mol. The molecule has 0 radical (unpaired) electrons. The van der Waals surface area contributed by atoms with Crippen LogP contribution < -0.4 is 5.73 Å². The van der Waals surface area contributed by atoms with E-state index in [2.05, 4.69) is 4.90 Å². The maximum absolute atomic E-state index is 12.2. The minimum absolute atomic E-state index is 0.0503. The van der Waals surface area contributed by atoms with Crippen molar-refractivity contribution in [3.8, 4) is 0 Å². The Kier molecular flexibility index (Phi) is 6.09. The van der Waals surface area contributed by atoms with Gasteiger partial charge in [0.05, 0.1) is 0 Å². The third kappa shape index (κ3) is 4.01. The highest BCUT2D eigenvalue weighted by Gasteiger charge is 2.31. The van der Waals surface area contributed by atoms with Gasteiger partial charge in [0.1, 0.15) is 0 Å². The van der Waals surface area contributed by atoms with Crippen LogP contribution in [0.15, 0.2) is 0 Å². The van der Waals surface area contributed by atoms with E-state index in [9.17, 15) is 14.4 Å². The maximum atomic E-state index is 12.2. The third-order valence-electron chi connectivity index (χ3n) is 3.72. The fourth-order valence-electron chi connectivity index (χ4n) is 2.35. The first-order valence-corrected chi connectivity index (χ1v) is 6.86. The van der Waals surface area contributed by atoms with Gasteiger partial charge in [-0.15, -0.1) is 0 Å². The molecule has 1 saturated heterocycles. The molecule has 7 heteroatoms. The van der Waals surface area contributed by atoms with E-state index in [1.807, 2.05) is 7.05 Å². The molecule has 0 aromatic carbocycles. The van der Waals surface area contributed by atoms with Gasteiger partial charge in [0, 0.05) is 33.1 Å². The molecule has 114 valence electrons. The lowest BCUT2D eigenvalue weighted by Gasteiger charge is -2.35. The zero-order valence-corrected chi connectivity index (χ0v) is 12.5. The van der Waals surface area contributed by atoms with Crippen molar-refractivity contribution < 1.29 is 14.4 Å². The Hall–Kier alpha value is -1.47. The molecule has 0 aromatic heterocycles. The van der Waals surface area contributed by atoms with Gasteiger partial charge < -0.3 is 15.5 Å². The zero-order chi connectivity index (χ0) is 15.3. The van der Waals surface area contributed by atoms with E-state index >= 15 is 0 Å². The number of rotatable bonds is 3. The minimum atomic E-state index is -0.788. The van der Waals surface area contributed by atoms with Gasteiger partial charge in [-0.25, -0.2) is 0 Å². The lowest BCUT2D eigenvalue weighted by Crippen LogP contribution is -2.52. The van der Waals surface area contributed by atoms with Gasteiger partial charge in [0.15, 0.2) is 0 Å². The number of imide groups is 1. The molecule has 1 rings (SSSR count). The second kappa shape index (κ2) is 7.35. The summed E-state index contributed by atoms with van der Waals surface area (Å²) >= 11 is 0. The maximum Gasteiger partial charge on any atom is 0.318 e. The van der Waals surface area contributed by atoms with Crippen molar-refractivity contribution in [2.45, 2.75) is 25.8 Å². The molecule has 1 fully saturated rings. The summed E-state index contributed by atoms with van der Waals surface area (Å²) < 4.78 is 0. The van der Waals surface area contributed by atoms with Crippen LogP contribution >= 0.6 is 0 Å². The Morgan fingerprint density at radius 1 is 1.20 bits per heavy atom. The van der Waals surface area contributed by atoms with E-state index in [0.717, 1.165) is 30.8 Å². The lowest BCUT2D eigenvalue weighted by atomic mass is 10.0. The molecule has 0 saturated carbocycles. The van der Waals surface area contributed by atoms with Crippen LogP contribution in [0.1, 0.15) is 19.8 Å². The van der Waals surface area contributed by atoms with Gasteiger partial charge in [0.25, 0.3) is 0 Å². The summed E-state index contributed by atoms with van der Waals surface area (Å²) in [5.41, 5.74) is 5.36. The van der Waals surface area contributed by atoms with Crippen LogP contribution in [0.5, 0.6) is 0 Å². The number of likely N-dealkylation sites (N-methyl/N-ethyl adjacent to an activating group) is 1. The molecule has 0 atom stereocenters. The third-order valence-corrected chi connectivity index (χ3v) is 3.72. The van der Waals surface area contributed by atoms with Crippen LogP contribution in [0.25, 0.3) is 0 Å². The number of hydrogen-bond acceptors (Lipinski definition) is 5. The molecule has 1 aliphatic heterocycles. The molecule has 0 bridgehead atoms. The van der Waals surface area contributed by atoms with Gasteiger partial charge >= 0.3 is 11.8 Å². The molecule has 1 heterocycles. The molecular formula is C13H24N4O3. The normalized spacial score (nSPS) is 16.8. The Morgan fingerprint density at radius 3 is 2.20 bits per heavy atom. The monoisotopic (exact) mass is 284 g/mol. The molecule has 0 aliphatic carbocycles. The van der Waals surface area contributed by atoms with E-state index in [1.165, 1.54) is 11.8 Å². The summed E-state index contributed by atoms with van der Waals surface area (Å²) in [6.07, 6.45) is 1.67. The largest absolute Gasteiger partial charge is 0.334 e. The quantitative estimate of drug-likeness (QED) is 0.663. The summed E-state index contributed by atoms with van der Waals surface area (Å²) in [7, 11) is 3.65. The van der Waals surface area contributed by atoms with Crippen molar-refractivity contribution in [2.75, 3.05) is 40.3 Å². The molecule has 1 aliphatic rings. The van der Waals surface area contributed by atoms with Crippen LogP contribution in [-0.4, -0.2) is 78.7 Å². The van der Waals surface area contributed by atoms with Crippen molar-refractivity contribution in [1.82, 2.24) is 14.7 Å². The van der Waals surface area contributed by atoms with Crippen LogP contribution in [0.3, 0.4) is 0 Å². The van der Waals surface area contributed by atoms with Crippen molar-refractivity contribution in [3.05, 3.63) is 0 Å². The molecule has 0 spiro atoms. The van der Waals surface area contributed by atoms with E-state index in [0.29, 0.717) is 0 Å². The highest BCUT2D eigenvalue weighted by Crippen LogP contribution is 2.14. The van der Waals surface area contributed by atoms with Crippen LogP contribution in [-0.2, 0) is 14.4 Å². The number of hydrogen-bond donors (Lipinski definition) is 1.